The minimum absolute atomic E-state index is 0. The fourth-order valence-electron chi connectivity index (χ4n) is 1.97. The highest BCUT2D eigenvalue weighted by Crippen LogP contribution is 2.55. The molecule has 4 nitrogen and oxygen atoms in total. The summed E-state index contributed by atoms with van der Waals surface area (Å²) in [5.41, 5.74) is 5.18. The third-order valence-electron chi connectivity index (χ3n) is 3.13. The molecule has 2 aliphatic carbocycles. The van der Waals surface area contributed by atoms with Crippen LogP contribution in [0.1, 0.15) is 19.3 Å². The minimum Gasteiger partial charge on any atom is -0.368 e. The van der Waals surface area contributed by atoms with E-state index in [1.165, 1.54) is 6.08 Å². The molecule has 1 amide bonds. The second kappa shape index (κ2) is 3.49. The van der Waals surface area contributed by atoms with E-state index in [0.717, 1.165) is 0 Å². The molecule has 0 bridgehead atoms. The Kier molecular flexibility index (Phi) is 2.91. The maximum Gasteiger partial charge on any atom is 0.239 e. The number of hydrogen-bond donors (Lipinski definition) is 1. The van der Waals surface area contributed by atoms with Gasteiger partial charge in [0, 0.05) is 5.92 Å². The molecule has 2 N–H and O–H groups in total. The Labute approximate surface area is 95.2 Å². The number of halogens is 1. The summed E-state index contributed by atoms with van der Waals surface area (Å²) >= 11 is 0. The lowest BCUT2D eigenvalue weighted by Gasteiger charge is -2.12. The molecular weight excluding hydrogens is 238 g/mol. The molecule has 2 aliphatic rings. The van der Waals surface area contributed by atoms with Crippen LogP contribution in [0.15, 0.2) is 12.7 Å². The zero-order chi connectivity index (χ0) is 10.6. The Morgan fingerprint density at radius 1 is 1.47 bits per heavy atom. The second-order valence-corrected chi connectivity index (χ2v) is 6.53. The van der Waals surface area contributed by atoms with E-state index in [1.54, 1.807) is 0 Å². The maximum atomic E-state index is 11.9. The maximum absolute atomic E-state index is 11.9. The number of sulfone groups is 1. The van der Waals surface area contributed by atoms with E-state index in [1.807, 2.05) is 0 Å². The van der Waals surface area contributed by atoms with E-state index in [-0.39, 0.29) is 23.6 Å². The number of allylic oxidation sites excluding steroid dienone is 1. The van der Waals surface area contributed by atoms with Gasteiger partial charge in [-0.2, -0.15) is 0 Å². The van der Waals surface area contributed by atoms with Gasteiger partial charge in [-0.05, 0) is 19.3 Å². The molecule has 2 rings (SSSR count). The fourth-order valence-corrected chi connectivity index (χ4v) is 4.53. The molecule has 0 radical (unpaired) electrons. The van der Waals surface area contributed by atoms with Gasteiger partial charge >= 0.3 is 0 Å². The van der Waals surface area contributed by atoms with Crippen LogP contribution in [-0.2, 0) is 14.6 Å². The monoisotopic (exact) mass is 251 g/mol. The van der Waals surface area contributed by atoms with Crippen LogP contribution in [0.3, 0.4) is 0 Å². The highest BCUT2D eigenvalue weighted by Gasteiger charge is 2.69. The molecule has 2 fully saturated rings. The quantitative estimate of drug-likeness (QED) is 0.736. The number of primary amides is 1. The number of hydrogen-bond acceptors (Lipinski definition) is 3. The van der Waals surface area contributed by atoms with E-state index >= 15 is 0 Å². The standard InChI is InChI=1S/C9H13NO3S.ClH/c1-2-6-5-9(6,8(10)11)14(12,13)7-3-4-7;/h2,6-7H,1,3-5H2,(H2,10,11);1H. The Hall–Kier alpha value is -0.550. The SMILES string of the molecule is C=CC1CC1(C(N)=O)S(=O)(=O)C1CC1.Cl. The molecule has 15 heavy (non-hydrogen) atoms. The van der Waals surface area contributed by atoms with E-state index < -0.39 is 20.5 Å². The van der Waals surface area contributed by atoms with Crippen molar-refractivity contribution in [1.82, 2.24) is 0 Å². The van der Waals surface area contributed by atoms with Crippen LogP contribution in [0.4, 0.5) is 0 Å². The second-order valence-electron chi connectivity index (χ2n) is 4.04. The first-order chi connectivity index (χ1) is 6.46. The molecule has 0 aromatic rings. The largest absolute Gasteiger partial charge is 0.368 e. The van der Waals surface area contributed by atoms with Gasteiger partial charge in [0.25, 0.3) is 0 Å². The summed E-state index contributed by atoms with van der Waals surface area (Å²) in [6.07, 6.45) is 3.18. The van der Waals surface area contributed by atoms with Crippen molar-refractivity contribution in [2.45, 2.75) is 29.3 Å². The smallest absolute Gasteiger partial charge is 0.239 e. The van der Waals surface area contributed by atoms with Crippen molar-refractivity contribution >= 4 is 28.2 Å². The number of carbonyl (C=O) groups excluding carboxylic acids is 1. The van der Waals surface area contributed by atoms with Crippen LogP contribution in [-0.4, -0.2) is 24.3 Å². The molecule has 0 saturated heterocycles. The highest BCUT2D eigenvalue weighted by atomic mass is 35.5. The van der Waals surface area contributed by atoms with Gasteiger partial charge in [-0.15, -0.1) is 19.0 Å². The summed E-state index contributed by atoms with van der Waals surface area (Å²) in [6.45, 7) is 3.52. The van der Waals surface area contributed by atoms with Gasteiger partial charge in [-0.3, -0.25) is 4.79 Å². The van der Waals surface area contributed by atoms with Crippen molar-refractivity contribution in [3.63, 3.8) is 0 Å². The van der Waals surface area contributed by atoms with Crippen molar-refractivity contribution in [3.8, 4) is 0 Å². The van der Waals surface area contributed by atoms with Gasteiger partial charge in [-0.1, -0.05) is 6.08 Å². The molecule has 2 saturated carbocycles. The molecule has 6 heteroatoms. The first-order valence-electron chi connectivity index (χ1n) is 4.62. The normalized spacial score (nSPS) is 34.0. The van der Waals surface area contributed by atoms with Crippen molar-refractivity contribution < 1.29 is 13.2 Å². The number of carbonyl (C=O) groups is 1. The van der Waals surface area contributed by atoms with Gasteiger partial charge in [0.05, 0.1) is 5.25 Å². The molecule has 0 aromatic carbocycles. The van der Waals surface area contributed by atoms with Crippen LogP contribution in [0.2, 0.25) is 0 Å². The predicted octanol–water partition coefficient (Wildman–Crippen LogP) is 0.415. The zero-order valence-corrected chi connectivity index (χ0v) is 9.81. The molecule has 0 spiro atoms. The van der Waals surface area contributed by atoms with Gasteiger partial charge < -0.3 is 5.73 Å². The van der Waals surface area contributed by atoms with Crippen molar-refractivity contribution in [3.05, 3.63) is 12.7 Å². The topological polar surface area (TPSA) is 77.2 Å². The Morgan fingerprint density at radius 3 is 2.27 bits per heavy atom. The van der Waals surface area contributed by atoms with Crippen LogP contribution in [0.25, 0.3) is 0 Å². The lowest BCUT2D eigenvalue weighted by atomic mass is 10.3. The number of nitrogens with two attached hydrogens (primary N) is 1. The summed E-state index contributed by atoms with van der Waals surface area (Å²) < 4.78 is 22.6. The first kappa shape index (κ1) is 12.5. The summed E-state index contributed by atoms with van der Waals surface area (Å²) in [7, 11) is -3.36. The zero-order valence-electron chi connectivity index (χ0n) is 8.18. The Bertz CT molecular complexity index is 402. The molecule has 2 atom stereocenters. The lowest BCUT2D eigenvalue weighted by Crippen LogP contribution is -2.41. The van der Waals surface area contributed by atoms with E-state index in [0.29, 0.717) is 19.3 Å². The minimum atomic E-state index is -3.36. The molecule has 0 aromatic heterocycles. The molecule has 86 valence electrons. The lowest BCUT2D eigenvalue weighted by molar-refractivity contribution is -0.118. The van der Waals surface area contributed by atoms with Crippen molar-refractivity contribution in [2.75, 3.05) is 0 Å². The van der Waals surface area contributed by atoms with Crippen molar-refractivity contribution in [1.29, 1.82) is 0 Å². The number of amides is 1. The van der Waals surface area contributed by atoms with E-state index in [9.17, 15) is 13.2 Å². The van der Waals surface area contributed by atoms with Gasteiger partial charge in [-0.25, -0.2) is 8.42 Å². The van der Waals surface area contributed by atoms with Crippen LogP contribution >= 0.6 is 12.4 Å². The Balaban J connectivity index is 0.00000112. The first-order valence-corrected chi connectivity index (χ1v) is 6.17. The van der Waals surface area contributed by atoms with Gasteiger partial charge in [0.1, 0.15) is 0 Å². The van der Waals surface area contributed by atoms with Gasteiger partial charge in [0.2, 0.25) is 5.91 Å². The predicted molar refractivity (Wildman–Crippen MR) is 59.4 cm³/mol. The fraction of sp³-hybridized carbons (Fsp3) is 0.667. The molecule has 0 heterocycles. The third kappa shape index (κ3) is 1.49. The van der Waals surface area contributed by atoms with Crippen LogP contribution < -0.4 is 5.73 Å². The average Bonchev–Trinajstić information content (AvgIpc) is 2.98. The van der Waals surface area contributed by atoms with Crippen LogP contribution in [0, 0.1) is 5.92 Å². The number of rotatable bonds is 4. The van der Waals surface area contributed by atoms with Crippen molar-refractivity contribution in [2.24, 2.45) is 11.7 Å². The summed E-state index contributed by atoms with van der Waals surface area (Å²) in [4.78, 5) is 11.2. The molecule has 2 unspecified atom stereocenters. The average molecular weight is 252 g/mol. The third-order valence-corrected chi connectivity index (χ3v) is 6.17. The van der Waals surface area contributed by atoms with E-state index in [4.69, 9.17) is 5.73 Å². The highest BCUT2D eigenvalue weighted by molar-refractivity contribution is 7.94. The summed E-state index contributed by atoms with van der Waals surface area (Å²) in [5, 5.41) is -0.333. The van der Waals surface area contributed by atoms with Crippen LogP contribution in [0.5, 0.6) is 0 Å². The Morgan fingerprint density at radius 2 is 2.00 bits per heavy atom. The summed E-state index contributed by atoms with van der Waals surface area (Å²) in [6, 6.07) is 0. The van der Waals surface area contributed by atoms with Gasteiger partial charge in [0.15, 0.2) is 14.6 Å². The summed E-state index contributed by atoms with van der Waals surface area (Å²) in [5.74, 6) is -0.986. The molecule has 0 aliphatic heterocycles. The molecular formula is C9H14ClNO3S. The van der Waals surface area contributed by atoms with E-state index in [2.05, 4.69) is 6.58 Å².